The summed E-state index contributed by atoms with van der Waals surface area (Å²) in [6, 6.07) is 42.9. The van der Waals surface area contributed by atoms with Crippen LogP contribution < -0.4 is 18.8 Å². The minimum atomic E-state index is -3.42. The predicted molar refractivity (Wildman–Crippen MR) is 130 cm³/mol. The molecule has 4 aromatic carbocycles. The van der Waals surface area contributed by atoms with Gasteiger partial charge < -0.3 is 0 Å². The maximum absolute atomic E-state index is 3.42. The van der Waals surface area contributed by atoms with Gasteiger partial charge in [-0.2, -0.15) is 0 Å². The van der Waals surface area contributed by atoms with Crippen molar-refractivity contribution in [1.29, 1.82) is 0 Å². The molecule has 0 aliphatic rings. The van der Waals surface area contributed by atoms with Crippen LogP contribution in [0.5, 0.6) is 0 Å². The van der Waals surface area contributed by atoms with E-state index in [-0.39, 0.29) is 0 Å². The number of hydrogen-bond acceptors (Lipinski definition) is 0. The molecule has 0 saturated carbocycles. The van der Waals surface area contributed by atoms with Gasteiger partial charge in [-0.15, -0.1) is 0 Å². The zero-order chi connectivity index (χ0) is 20.3. The average Bonchev–Trinajstić information content (AvgIpc) is 2.76. The first-order chi connectivity index (χ1) is 14.0. The van der Waals surface area contributed by atoms with Crippen LogP contribution in [-0.2, 0) is 0 Å². The molecule has 144 valence electrons. The van der Waals surface area contributed by atoms with Crippen LogP contribution in [0.4, 0.5) is 5.69 Å². The fraction of sp³-hybridized carbons (Fsp3) is 0.111. The molecule has 0 N–H and O–H groups in total. The topological polar surface area (TPSA) is 0 Å². The van der Waals surface area contributed by atoms with Gasteiger partial charge >= 0.3 is 179 Å². The van der Waals surface area contributed by atoms with Crippen molar-refractivity contribution in [1.82, 2.24) is 4.48 Å². The Hall–Kier alpha value is -2.36. The Bertz CT molecular complexity index is 954. The van der Waals surface area contributed by atoms with Crippen molar-refractivity contribution in [3.05, 3.63) is 115 Å². The quantitative estimate of drug-likeness (QED) is 0.301. The first-order valence-corrected chi connectivity index (χ1v) is 15.8. The molecule has 0 spiro atoms. The van der Waals surface area contributed by atoms with Crippen LogP contribution in [0.15, 0.2) is 115 Å². The summed E-state index contributed by atoms with van der Waals surface area (Å²) in [4.78, 5) is 0. The second kappa shape index (κ2) is 8.17. The van der Waals surface area contributed by atoms with Crippen molar-refractivity contribution in [2.75, 3.05) is 21.1 Å². The molecule has 0 fully saturated rings. The Morgan fingerprint density at radius 1 is 0.414 bits per heavy atom. The van der Waals surface area contributed by atoms with Gasteiger partial charge in [0, 0.05) is 0 Å². The van der Waals surface area contributed by atoms with Crippen molar-refractivity contribution < 1.29 is 0 Å². The second-order valence-corrected chi connectivity index (χ2v) is 19.3. The van der Waals surface area contributed by atoms with E-state index in [4.69, 9.17) is 0 Å². The van der Waals surface area contributed by atoms with Crippen LogP contribution in [0, 0.1) is 0 Å². The van der Waals surface area contributed by atoms with Crippen molar-refractivity contribution in [2.24, 2.45) is 0 Å². The maximum atomic E-state index is 2.39. The van der Waals surface area contributed by atoms with E-state index in [0.717, 1.165) is 4.48 Å². The number of benzene rings is 4. The van der Waals surface area contributed by atoms with Crippen LogP contribution in [0.3, 0.4) is 0 Å². The van der Waals surface area contributed by atoms with Gasteiger partial charge in [-0.05, 0) is 0 Å². The molecular weight excluding hydrogens is 457 g/mol. The number of quaternary nitrogens is 1. The molecule has 4 aromatic rings. The van der Waals surface area contributed by atoms with Crippen molar-refractivity contribution >= 4 is 38.4 Å². The summed E-state index contributed by atoms with van der Waals surface area (Å²) >= 11 is -3.42. The van der Waals surface area contributed by atoms with Crippen molar-refractivity contribution in [2.45, 2.75) is 0 Å². The zero-order valence-corrected chi connectivity index (χ0v) is 20.3. The first-order valence-electron chi connectivity index (χ1n) is 10.1. The van der Waals surface area contributed by atoms with Gasteiger partial charge in [0.2, 0.25) is 0 Å². The summed E-state index contributed by atoms with van der Waals surface area (Å²) < 4.78 is 6.76. The van der Waals surface area contributed by atoms with Crippen LogP contribution in [-0.4, -0.2) is 39.5 Å². The van der Waals surface area contributed by atoms with E-state index in [2.05, 4.69) is 136 Å². The monoisotopic (exact) mass is 486 g/mol. The molecule has 2 heteroatoms. The summed E-state index contributed by atoms with van der Waals surface area (Å²) in [5.41, 5.74) is 1.32. The van der Waals surface area contributed by atoms with E-state index in [1.165, 1.54) is 20.0 Å². The second-order valence-electron chi connectivity index (χ2n) is 8.41. The standard InChI is InChI=1S/C9H13N.3C6H5.Sn/c1-10(2,3)9-7-5-4-6-8-9;3*1-2-4-6-5-3-1;/h5-8H,1-3H3;3*1-5H;/q+1;;;;. The van der Waals surface area contributed by atoms with E-state index >= 15 is 0 Å². The van der Waals surface area contributed by atoms with Crippen molar-refractivity contribution in [3.8, 4) is 0 Å². The molecule has 0 radical (unpaired) electrons. The van der Waals surface area contributed by atoms with Gasteiger partial charge in [0.25, 0.3) is 0 Å². The molecule has 1 nitrogen and oxygen atoms in total. The fourth-order valence-electron chi connectivity index (χ4n) is 4.22. The Kier molecular flexibility index (Phi) is 5.62. The molecule has 0 aromatic heterocycles. The molecule has 0 heterocycles. The molecule has 0 aliphatic carbocycles. The third-order valence-corrected chi connectivity index (χ3v) is 19.4. The average molecular weight is 485 g/mol. The number of nitrogens with zero attached hydrogens (tertiary/aromatic N) is 1. The summed E-state index contributed by atoms with van der Waals surface area (Å²) in [7, 11) is 6.66. The molecule has 0 saturated heterocycles. The van der Waals surface area contributed by atoms with E-state index in [1.807, 2.05) is 0 Å². The molecule has 29 heavy (non-hydrogen) atoms. The molecular formula is C27H28NSn+. The summed E-state index contributed by atoms with van der Waals surface area (Å²) in [6.45, 7) is 0. The van der Waals surface area contributed by atoms with Gasteiger partial charge in [0.05, 0.1) is 0 Å². The van der Waals surface area contributed by atoms with E-state index in [9.17, 15) is 0 Å². The minimum absolute atomic E-state index is 0.824. The van der Waals surface area contributed by atoms with Gasteiger partial charge in [-0.25, -0.2) is 0 Å². The third-order valence-electron chi connectivity index (χ3n) is 5.70. The Balaban J connectivity index is 2.06. The van der Waals surface area contributed by atoms with Gasteiger partial charge in [0.15, 0.2) is 0 Å². The third kappa shape index (κ3) is 3.77. The van der Waals surface area contributed by atoms with Gasteiger partial charge in [0.1, 0.15) is 0 Å². The van der Waals surface area contributed by atoms with Crippen molar-refractivity contribution in [3.63, 3.8) is 0 Å². The number of rotatable bonds is 5. The SMILES string of the molecule is C[N+](C)(C)c1cc[c]([Sn]([c]2ccccc2)([c]2ccccc2)[c]2ccccc2)cc1. The molecule has 0 amide bonds. The number of hydrogen-bond donors (Lipinski definition) is 0. The van der Waals surface area contributed by atoms with E-state index < -0.39 is 18.4 Å². The molecule has 0 unspecified atom stereocenters. The normalized spacial score (nSPS) is 12.0. The first kappa shape index (κ1) is 19.9. The summed E-state index contributed by atoms with van der Waals surface area (Å²) in [5.74, 6) is 0. The van der Waals surface area contributed by atoms with E-state index in [1.54, 1.807) is 0 Å². The fourth-order valence-corrected chi connectivity index (χ4v) is 17.8. The van der Waals surface area contributed by atoms with Crippen LogP contribution in [0.25, 0.3) is 0 Å². The van der Waals surface area contributed by atoms with Gasteiger partial charge in [-0.3, -0.25) is 0 Å². The van der Waals surface area contributed by atoms with Crippen LogP contribution in [0.2, 0.25) is 0 Å². The van der Waals surface area contributed by atoms with Crippen LogP contribution in [0.1, 0.15) is 0 Å². The summed E-state index contributed by atoms with van der Waals surface area (Å²) in [6.07, 6.45) is 0. The molecule has 4 rings (SSSR count). The molecule has 0 aliphatic heterocycles. The molecule has 0 atom stereocenters. The van der Waals surface area contributed by atoms with Gasteiger partial charge in [-0.1, -0.05) is 0 Å². The summed E-state index contributed by atoms with van der Waals surface area (Å²) in [5, 5.41) is 0. The Labute approximate surface area is 178 Å². The van der Waals surface area contributed by atoms with Crippen LogP contribution >= 0.6 is 0 Å². The Morgan fingerprint density at radius 3 is 1.03 bits per heavy atom. The predicted octanol–water partition coefficient (Wildman–Crippen LogP) is 3.26. The van der Waals surface area contributed by atoms with E-state index in [0.29, 0.717) is 0 Å². The zero-order valence-electron chi connectivity index (χ0n) is 17.4. The Morgan fingerprint density at radius 2 is 0.724 bits per heavy atom. The molecule has 0 bridgehead atoms.